The number of H-pyrrole nitrogens is 1. The Morgan fingerprint density at radius 2 is 1.67 bits per heavy atom. The van der Waals surface area contributed by atoms with Gasteiger partial charge in [0.25, 0.3) is 5.91 Å². The van der Waals surface area contributed by atoms with Crippen molar-refractivity contribution in [1.82, 2.24) is 14.8 Å². The van der Waals surface area contributed by atoms with E-state index in [1.807, 2.05) is 29.7 Å². The summed E-state index contributed by atoms with van der Waals surface area (Å²) in [5.41, 5.74) is 2.67. The molecule has 0 spiro atoms. The molecule has 1 aromatic rings. The number of carbonyl (C=O) groups excluding carboxylic acids is 2. The van der Waals surface area contributed by atoms with Gasteiger partial charge in [-0.25, -0.2) is 0 Å². The van der Waals surface area contributed by atoms with Crippen LogP contribution < -0.4 is 0 Å². The van der Waals surface area contributed by atoms with E-state index in [0.717, 1.165) is 56.6 Å². The van der Waals surface area contributed by atoms with Crippen molar-refractivity contribution < 1.29 is 9.59 Å². The van der Waals surface area contributed by atoms with Gasteiger partial charge in [0.15, 0.2) is 0 Å². The van der Waals surface area contributed by atoms with Gasteiger partial charge < -0.3 is 14.8 Å². The predicted octanol–water partition coefficient (Wildman–Crippen LogP) is 2.89. The molecule has 0 bridgehead atoms. The van der Waals surface area contributed by atoms with Gasteiger partial charge in [0.2, 0.25) is 5.91 Å². The summed E-state index contributed by atoms with van der Waals surface area (Å²) in [5, 5.41) is 0. The molecular weight excluding hydrogens is 302 g/mol. The number of aromatic nitrogens is 1. The minimum atomic E-state index is -0.0304. The first-order valence-corrected chi connectivity index (χ1v) is 9.30. The van der Waals surface area contributed by atoms with E-state index < -0.39 is 0 Å². The van der Waals surface area contributed by atoms with Crippen LogP contribution in [0, 0.1) is 19.8 Å². The van der Waals surface area contributed by atoms with Crippen molar-refractivity contribution in [3.05, 3.63) is 23.0 Å². The average molecular weight is 331 g/mol. The first-order chi connectivity index (χ1) is 11.6. The number of amides is 2. The highest BCUT2D eigenvalue weighted by atomic mass is 16.2. The van der Waals surface area contributed by atoms with Gasteiger partial charge in [-0.3, -0.25) is 9.59 Å². The van der Waals surface area contributed by atoms with E-state index in [-0.39, 0.29) is 17.7 Å². The molecule has 2 aliphatic heterocycles. The van der Waals surface area contributed by atoms with Crippen LogP contribution in [0.2, 0.25) is 0 Å². The zero-order valence-electron chi connectivity index (χ0n) is 14.9. The Hall–Kier alpha value is -1.78. The number of nitrogens with zero attached hydrogens (tertiary/aromatic N) is 2. The van der Waals surface area contributed by atoms with E-state index in [1.54, 1.807) is 0 Å². The van der Waals surface area contributed by atoms with E-state index in [2.05, 4.69) is 4.98 Å². The molecule has 1 N–H and O–H groups in total. The summed E-state index contributed by atoms with van der Waals surface area (Å²) in [6.45, 7) is 7.01. The molecule has 2 fully saturated rings. The van der Waals surface area contributed by atoms with Gasteiger partial charge in [-0.1, -0.05) is 12.8 Å². The number of nitrogens with one attached hydrogen (secondary N) is 1. The fraction of sp³-hybridized carbons (Fsp3) is 0.684. The third-order valence-corrected chi connectivity index (χ3v) is 5.34. The minimum absolute atomic E-state index is 0.0304. The smallest absolute Gasteiger partial charge is 0.270 e. The number of hydrogen-bond donors (Lipinski definition) is 1. The van der Waals surface area contributed by atoms with Crippen LogP contribution in [0.5, 0.6) is 0 Å². The van der Waals surface area contributed by atoms with Crippen LogP contribution in [0.4, 0.5) is 0 Å². The van der Waals surface area contributed by atoms with Crippen LogP contribution in [0.25, 0.3) is 0 Å². The molecule has 1 aromatic heterocycles. The average Bonchev–Trinajstić information content (AvgIpc) is 2.80. The van der Waals surface area contributed by atoms with Gasteiger partial charge in [0, 0.05) is 31.9 Å². The number of hydrogen-bond acceptors (Lipinski definition) is 2. The lowest BCUT2D eigenvalue weighted by Gasteiger charge is -2.34. The number of aromatic amines is 1. The highest BCUT2D eigenvalue weighted by Crippen LogP contribution is 2.23. The maximum atomic E-state index is 12.9. The van der Waals surface area contributed by atoms with Crippen molar-refractivity contribution >= 4 is 11.8 Å². The Morgan fingerprint density at radius 1 is 1.00 bits per heavy atom. The highest BCUT2D eigenvalue weighted by Gasteiger charge is 2.32. The van der Waals surface area contributed by atoms with Crippen LogP contribution in [0.1, 0.15) is 60.3 Å². The van der Waals surface area contributed by atoms with Gasteiger partial charge in [-0.15, -0.1) is 0 Å². The molecule has 0 saturated carbocycles. The Balaban J connectivity index is 1.66. The predicted molar refractivity (Wildman–Crippen MR) is 93.9 cm³/mol. The van der Waals surface area contributed by atoms with Gasteiger partial charge in [0.05, 0.1) is 5.92 Å². The summed E-state index contributed by atoms with van der Waals surface area (Å²) in [6.07, 6.45) is 6.50. The van der Waals surface area contributed by atoms with Crippen molar-refractivity contribution in [2.45, 2.75) is 52.4 Å². The molecule has 24 heavy (non-hydrogen) atoms. The topological polar surface area (TPSA) is 56.4 Å². The summed E-state index contributed by atoms with van der Waals surface area (Å²) in [7, 11) is 0. The molecule has 3 rings (SSSR count). The van der Waals surface area contributed by atoms with E-state index in [0.29, 0.717) is 12.2 Å². The van der Waals surface area contributed by atoms with Gasteiger partial charge in [-0.2, -0.15) is 0 Å². The lowest BCUT2D eigenvalue weighted by atomic mass is 9.96. The number of piperidine rings is 1. The first-order valence-electron chi connectivity index (χ1n) is 9.30. The van der Waals surface area contributed by atoms with Crippen molar-refractivity contribution in [2.24, 2.45) is 5.92 Å². The second-order valence-electron chi connectivity index (χ2n) is 7.34. The molecule has 3 heterocycles. The number of rotatable bonds is 2. The summed E-state index contributed by atoms with van der Waals surface area (Å²) < 4.78 is 0. The van der Waals surface area contributed by atoms with Crippen LogP contribution >= 0.6 is 0 Å². The lowest BCUT2D eigenvalue weighted by Crippen LogP contribution is -2.47. The maximum Gasteiger partial charge on any atom is 0.270 e. The lowest BCUT2D eigenvalue weighted by molar-refractivity contribution is -0.136. The Labute approximate surface area is 144 Å². The maximum absolute atomic E-state index is 12.9. The molecule has 2 amide bonds. The van der Waals surface area contributed by atoms with Crippen LogP contribution in [0.15, 0.2) is 6.07 Å². The zero-order chi connectivity index (χ0) is 17.1. The van der Waals surface area contributed by atoms with Crippen LogP contribution in [0.3, 0.4) is 0 Å². The first kappa shape index (κ1) is 17.1. The number of likely N-dealkylation sites (tertiary alicyclic amines) is 2. The Bertz CT molecular complexity index is 600. The fourth-order valence-electron chi connectivity index (χ4n) is 4.02. The minimum Gasteiger partial charge on any atom is -0.354 e. The standard InChI is InChI=1S/C19H29N3O2/c1-14-12-15(2)20-17(14)19(24)22-11-7-8-16(13-22)18(23)21-9-5-3-4-6-10-21/h12,16,20H,3-11,13H2,1-2H3. The highest BCUT2D eigenvalue weighted by molar-refractivity contribution is 5.94. The van der Waals surface area contributed by atoms with E-state index >= 15 is 0 Å². The van der Waals surface area contributed by atoms with E-state index in [9.17, 15) is 9.59 Å². The molecule has 1 atom stereocenters. The van der Waals surface area contributed by atoms with Crippen LogP contribution in [-0.2, 0) is 4.79 Å². The molecular formula is C19H29N3O2. The van der Waals surface area contributed by atoms with Gasteiger partial charge >= 0.3 is 0 Å². The molecule has 0 aliphatic carbocycles. The summed E-state index contributed by atoms with van der Waals surface area (Å²) in [5.74, 6) is 0.264. The van der Waals surface area contributed by atoms with Gasteiger partial charge in [0.1, 0.15) is 5.69 Å². The quantitative estimate of drug-likeness (QED) is 0.906. The second-order valence-corrected chi connectivity index (χ2v) is 7.34. The third-order valence-electron chi connectivity index (χ3n) is 5.34. The normalized spacial score (nSPS) is 22.3. The van der Waals surface area contributed by atoms with Crippen LogP contribution in [-0.4, -0.2) is 52.8 Å². The van der Waals surface area contributed by atoms with Crippen molar-refractivity contribution in [2.75, 3.05) is 26.2 Å². The van der Waals surface area contributed by atoms with E-state index in [1.165, 1.54) is 12.8 Å². The Morgan fingerprint density at radius 3 is 2.29 bits per heavy atom. The molecule has 5 heteroatoms. The molecule has 2 aliphatic rings. The summed E-state index contributed by atoms with van der Waals surface area (Å²) in [6, 6.07) is 2.00. The largest absolute Gasteiger partial charge is 0.354 e. The summed E-state index contributed by atoms with van der Waals surface area (Å²) >= 11 is 0. The monoisotopic (exact) mass is 331 g/mol. The Kier molecular flexibility index (Phi) is 5.27. The molecule has 2 saturated heterocycles. The fourth-order valence-corrected chi connectivity index (χ4v) is 4.02. The third kappa shape index (κ3) is 3.65. The molecule has 132 valence electrons. The van der Waals surface area contributed by atoms with Crippen molar-refractivity contribution in [3.63, 3.8) is 0 Å². The van der Waals surface area contributed by atoms with E-state index in [4.69, 9.17) is 0 Å². The van der Waals surface area contributed by atoms with Crippen molar-refractivity contribution in [3.8, 4) is 0 Å². The molecule has 1 unspecified atom stereocenters. The number of aryl methyl sites for hydroxylation is 2. The zero-order valence-corrected chi connectivity index (χ0v) is 14.9. The second kappa shape index (κ2) is 7.41. The van der Waals surface area contributed by atoms with Crippen molar-refractivity contribution in [1.29, 1.82) is 0 Å². The van der Waals surface area contributed by atoms with Gasteiger partial charge in [-0.05, 0) is 51.2 Å². The SMILES string of the molecule is Cc1cc(C)c(C(=O)N2CCCC(C(=O)N3CCCCCC3)C2)[nH]1. The molecule has 0 aromatic carbocycles. The number of carbonyl (C=O) groups is 2. The molecule has 5 nitrogen and oxygen atoms in total. The summed E-state index contributed by atoms with van der Waals surface area (Å²) in [4.78, 5) is 32.7. The molecule has 0 radical (unpaired) electrons.